The van der Waals surface area contributed by atoms with Crippen molar-refractivity contribution >= 4 is 11.9 Å². The van der Waals surface area contributed by atoms with Crippen molar-refractivity contribution in [3.05, 3.63) is 66.2 Å². The average molecular weight is 309 g/mol. The van der Waals surface area contributed by atoms with Crippen LogP contribution in [0, 0.1) is 0 Å². The lowest BCUT2D eigenvalue weighted by Gasteiger charge is -2.23. The lowest BCUT2D eigenvalue weighted by Crippen LogP contribution is -2.33. The van der Waals surface area contributed by atoms with Crippen molar-refractivity contribution in [3.63, 3.8) is 0 Å². The second-order valence-electron chi connectivity index (χ2n) is 5.72. The van der Waals surface area contributed by atoms with Crippen molar-refractivity contribution in [1.29, 1.82) is 0 Å². The Labute approximate surface area is 135 Å². The highest BCUT2D eigenvalue weighted by molar-refractivity contribution is 5.79. The van der Waals surface area contributed by atoms with Crippen molar-refractivity contribution in [2.45, 2.75) is 31.2 Å². The van der Waals surface area contributed by atoms with E-state index in [0.29, 0.717) is 12.2 Å². The third-order valence-electron chi connectivity index (χ3n) is 4.10. The Morgan fingerprint density at radius 3 is 2.35 bits per heavy atom. The van der Waals surface area contributed by atoms with Crippen LogP contribution in [-0.2, 0) is 9.59 Å². The summed E-state index contributed by atoms with van der Waals surface area (Å²) in [6.07, 6.45) is 1.50. The smallest absolute Gasteiger partial charge is 0.311 e. The maximum absolute atomic E-state index is 12.3. The monoisotopic (exact) mass is 309 g/mol. The van der Waals surface area contributed by atoms with E-state index in [-0.39, 0.29) is 30.3 Å². The summed E-state index contributed by atoms with van der Waals surface area (Å²) in [6, 6.07) is 18.8. The number of benzene rings is 2. The zero-order valence-corrected chi connectivity index (χ0v) is 12.8. The third kappa shape index (κ3) is 3.97. The van der Waals surface area contributed by atoms with Crippen molar-refractivity contribution in [2.24, 2.45) is 0 Å². The van der Waals surface area contributed by atoms with Crippen molar-refractivity contribution in [2.75, 3.05) is 0 Å². The van der Waals surface area contributed by atoms with E-state index in [1.54, 1.807) is 12.1 Å². The van der Waals surface area contributed by atoms with Gasteiger partial charge in [-0.2, -0.15) is 0 Å². The van der Waals surface area contributed by atoms with Crippen LogP contribution in [0.4, 0.5) is 0 Å². The molecule has 0 saturated carbocycles. The van der Waals surface area contributed by atoms with E-state index < -0.39 is 0 Å². The molecule has 0 bridgehead atoms. The molecule has 1 aliphatic rings. The van der Waals surface area contributed by atoms with Crippen LogP contribution in [0.15, 0.2) is 60.7 Å². The van der Waals surface area contributed by atoms with Crippen LogP contribution >= 0.6 is 0 Å². The maximum Gasteiger partial charge on any atom is 0.311 e. The molecule has 0 radical (unpaired) electrons. The van der Waals surface area contributed by atoms with Crippen LogP contribution in [0.3, 0.4) is 0 Å². The number of carbonyl (C=O) groups is 2. The molecule has 2 aromatic carbocycles. The fourth-order valence-electron chi connectivity index (χ4n) is 2.97. The van der Waals surface area contributed by atoms with Crippen LogP contribution in [-0.4, -0.2) is 17.9 Å². The summed E-state index contributed by atoms with van der Waals surface area (Å²) < 4.78 is 5.40. The zero-order chi connectivity index (χ0) is 16.1. The highest BCUT2D eigenvalue weighted by atomic mass is 16.5. The third-order valence-corrected chi connectivity index (χ3v) is 4.10. The van der Waals surface area contributed by atoms with Gasteiger partial charge in [0.25, 0.3) is 0 Å². The molecule has 2 atom stereocenters. The first-order valence-electron chi connectivity index (χ1n) is 7.82. The molecule has 118 valence electrons. The molecule has 1 fully saturated rings. The molecular weight excluding hydrogens is 290 g/mol. The van der Waals surface area contributed by atoms with Crippen molar-refractivity contribution in [1.82, 2.24) is 5.32 Å². The maximum atomic E-state index is 12.3. The highest BCUT2D eigenvalue weighted by Crippen LogP contribution is 2.29. The molecule has 4 heteroatoms. The SMILES string of the molecule is O=C1CCC(C(CC(=O)Oc2ccccc2)c2ccccc2)N1. The van der Waals surface area contributed by atoms with Gasteiger partial charge in [-0.3, -0.25) is 9.59 Å². The van der Waals surface area contributed by atoms with Crippen LogP contribution < -0.4 is 10.1 Å². The summed E-state index contributed by atoms with van der Waals surface area (Å²) >= 11 is 0. The first kappa shape index (κ1) is 15.3. The minimum absolute atomic E-state index is 0.0202. The number of nitrogens with one attached hydrogen (secondary N) is 1. The standard InChI is InChI=1S/C19H19NO3/c21-18-12-11-17(20-18)16(14-7-3-1-4-8-14)13-19(22)23-15-9-5-2-6-10-15/h1-10,16-17H,11-13H2,(H,20,21). The van der Waals surface area contributed by atoms with E-state index in [1.165, 1.54) is 0 Å². The quantitative estimate of drug-likeness (QED) is 0.682. The molecule has 0 spiro atoms. The number of carbonyl (C=O) groups excluding carboxylic acids is 2. The van der Waals surface area contributed by atoms with Gasteiger partial charge < -0.3 is 10.1 Å². The van der Waals surface area contributed by atoms with Gasteiger partial charge in [-0.1, -0.05) is 48.5 Å². The number of amides is 1. The molecule has 2 aromatic rings. The van der Waals surface area contributed by atoms with Gasteiger partial charge in [0.1, 0.15) is 5.75 Å². The minimum Gasteiger partial charge on any atom is -0.427 e. The van der Waals surface area contributed by atoms with Gasteiger partial charge in [0.05, 0.1) is 6.42 Å². The molecule has 1 amide bonds. The first-order chi connectivity index (χ1) is 11.2. The molecular formula is C19H19NO3. The topological polar surface area (TPSA) is 55.4 Å². The van der Waals surface area contributed by atoms with Gasteiger partial charge in [0.2, 0.25) is 5.91 Å². The van der Waals surface area contributed by atoms with E-state index >= 15 is 0 Å². The van der Waals surface area contributed by atoms with Crippen molar-refractivity contribution in [3.8, 4) is 5.75 Å². The second-order valence-corrected chi connectivity index (χ2v) is 5.72. The predicted octanol–water partition coefficient (Wildman–Crippen LogP) is 3.04. The summed E-state index contributed by atoms with van der Waals surface area (Å²) in [4.78, 5) is 23.8. The molecule has 0 aromatic heterocycles. The Bertz CT molecular complexity index is 670. The fourth-order valence-corrected chi connectivity index (χ4v) is 2.97. The Morgan fingerprint density at radius 2 is 1.74 bits per heavy atom. The summed E-state index contributed by atoms with van der Waals surface area (Å²) in [5.41, 5.74) is 1.05. The van der Waals surface area contributed by atoms with E-state index in [2.05, 4.69) is 5.32 Å². The molecule has 23 heavy (non-hydrogen) atoms. The van der Waals surface area contributed by atoms with Crippen LogP contribution in [0.5, 0.6) is 5.75 Å². The number of hydrogen-bond acceptors (Lipinski definition) is 3. The number of rotatable bonds is 5. The lowest BCUT2D eigenvalue weighted by molar-refractivity contribution is -0.135. The second kappa shape index (κ2) is 7.09. The number of ether oxygens (including phenoxy) is 1. The van der Waals surface area contributed by atoms with E-state index in [9.17, 15) is 9.59 Å². The highest BCUT2D eigenvalue weighted by Gasteiger charge is 2.31. The normalized spacial score (nSPS) is 18.3. The molecule has 1 N–H and O–H groups in total. The Kier molecular flexibility index (Phi) is 4.71. The summed E-state index contributed by atoms with van der Waals surface area (Å²) in [7, 11) is 0. The number of para-hydroxylation sites is 1. The van der Waals surface area contributed by atoms with Gasteiger partial charge in [-0.05, 0) is 24.1 Å². The van der Waals surface area contributed by atoms with Gasteiger partial charge in [-0.25, -0.2) is 0 Å². The largest absolute Gasteiger partial charge is 0.427 e. The van der Waals surface area contributed by atoms with Gasteiger partial charge >= 0.3 is 5.97 Å². The van der Waals surface area contributed by atoms with Crippen molar-refractivity contribution < 1.29 is 14.3 Å². The molecule has 0 aliphatic carbocycles. The Morgan fingerprint density at radius 1 is 1.09 bits per heavy atom. The summed E-state index contributed by atoms with van der Waals surface area (Å²) in [5.74, 6) is 0.234. The van der Waals surface area contributed by atoms with Gasteiger partial charge in [0.15, 0.2) is 0 Å². The summed E-state index contributed by atoms with van der Waals surface area (Å²) in [6.45, 7) is 0. The van der Waals surface area contributed by atoms with E-state index in [0.717, 1.165) is 12.0 Å². The molecule has 2 unspecified atom stereocenters. The molecule has 3 rings (SSSR count). The zero-order valence-electron chi connectivity index (χ0n) is 12.8. The molecule has 4 nitrogen and oxygen atoms in total. The van der Waals surface area contributed by atoms with E-state index in [4.69, 9.17) is 4.74 Å². The lowest BCUT2D eigenvalue weighted by atomic mass is 9.88. The first-order valence-corrected chi connectivity index (χ1v) is 7.82. The number of hydrogen-bond donors (Lipinski definition) is 1. The Balaban J connectivity index is 1.73. The molecule has 1 saturated heterocycles. The molecule has 1 aliphatic heterocycles. The predicted molar refractivity (Wildman–Crippen MR) is 87.0 cm³/mol. The van der Waals surface area contributed by atoms with E-state index in [1.807, 2.05) is 48.5 Å². The fraction of sp³-hybridized carbons (Fsp3) is 0.263. The van der Waals surface area contributed by atoms with Crippen LogP contribution in [0.25, 0.3) is 0 Å². The van der Waals surface area contributed by atoms with Crippen LogP contribution in [0.2, 0.25) is 0 Å². The average Bonchev–Trinajstić information content (AvgIpc) is 3.00. The van der Waals surface area contributed by atoms with Crippen LogP contribution in [0.1, 0.15) is 30.7 Å². The van der Waals surface area contributed by atoms with Gasteiger partial charge in [0, 0.05) is 18.4 Å². The van der Waals surface area contributed by atoms with Gasteiger partial charge in [-0.15, -0.1) is 0 Å². The molecule has 1 heterocycles. The summed E-state index contributed by atoms with van der Waals surface area (Å²) in [5, 5.41) is 2.97. The minimum atomic E-state index is -0.286. The Hall–Kier alpha value is -2.62. The number of esters is 1.